The van der Waals surface area contributed by atoms with Crippen molar-refractivity contribution < 1.29 is 26.4 Å². The molecule has 2 N–H and O–H groups in total. The monoisotopic (exact) mass is 427 g/mol. The van der Waals surface area contributed by atoms with Gasteiger partial charge in [-0.15, -0.1) is 0 Å². The summed E-state index contributed by atoms with van der Waals surface area (Å²) in [6.45, 7) is -0.0596. The fourth-order valence-corrected chi connectivity index (χ4v) is 4.86. The van der Waals surface area contributed by atoms with Gasteiger partial charge in [-0.2, -0.15) is 17.5 Å². The Morgan fingerprint density at radius 1 is 0.966 bits per heavy atom. The van der Waals surface area contributed by atoms with Gasteiger partial charge in [0.15, 0.2) is 0 Å². The standard InChI is InChI=1S/C19H20F3N3O3S/c20-19(21,22)16-8-4-5-9-17(16)29(27,28)25-12-10-14(11-13-25)18(26)24-23-15-6-2-1-3-7-15/h1-9,14,23H,10-13H2,(H,24,26). The summed E-state index contributed by atoms with van der Waals surface area (Å²) in [6, 6.07) is 13.1. The molecule has 1 amide bonds. The Labute approximate surface area is 166 Å². The first-order chi connectivity index (χ1) is 13.7. The maximum atomic E-state index is 13.2. The van der Waals surface area contributed by atoms with E-state index in [1.807, 2.05) is 6.07 Å². The minimum atomic E-state index is -4.77. The van der Waals surface area contributed by atoms with Crippen molar-refractivity contribution in [3.63, 3.8) is 0 Å². The molecule has 156 valence electrons. The number of nitrogens with zero attached hydrogens (tertiary/aromatic N) is 1. The molecule has 0 bridgehead atoms. The molecular formula is C19H20F3N3O3S. The predicted octanol–water partition coefficient (Wildman–Crippen LogP) is 3.25. The van der Waals surface area contributed by atoms with Crippen molar-refractivity contribution in [3.05, 3.63) is 60.2 Å². The predicted molar refractivity (Wildman–Crippen MR) is 101 cm³/mol. The number of benzene rings is 2. The molecule has 1 fully saturated rings. The van der Waals surface area contributed by atoms with Crippen LogP contribution in [0.25, 0.3) is 0 Å². The highest BCUT2D eigenvalue weighted by molar-refractivity contribution is 7.89. The quantitative estimate of drug-likeness (QED) is 0.718. The maximum Gasteiger partial charge on any atom is 0.417 e. The van der Waals surface area contributed by atoms with Gasteiger partial charge < -0.3 is 0 Å². The Morgan fingerprint density at radius 2 is 1.55 bits per heavy atom. The molecule has 0 saturated carbocycles. The van der Waals surface area contributed by atoms with Gasteiger partial charge in [0.25, 0.3) is 0 Å². The molecule has 0 unspecified atom stereocenters. The SMILES string of the molecule is O=C(NNc1ccccc1)C1CCN(S(=O)(=O)c2ccccc2C(F)(F)F)CC1. The van der Waals surface area contributed by atoms with E-state index < -0.39 is 32.6 Å². The number of nitrogens with one attached hydrogen (secondary N) is 2. The smallest absolute Gasteiger partial charge is 0.299 e. The van der Waals surface area contributed by atoms with Crippen LogP contribution >= 0.6 is 0 Å². The topological polar surface area (TPSA) is 78.5 Å². The highest BCUT2D eigenvalue weighted by atomic mass is 32.2. The van der Waals surface area contributed by atoms with Crippen LogP contribution in [0.4, 0.5) is 18.9 Å². The molecule has 1 saturated heterocycles. The number of anilines is 1. The van der Waals surface area contributed by atoms with Crippen molar-refractivity contribution in [2.75, 3.05) is 18.5 Å². The van der Waals surface area contributed by atoms with Gasteiger partial charge >= 0.3 is 6.18 Å². The third kappa shape index (κ3) is 4.88. The van der Waals surface area contributed by atoms with Gasteiger partial charge in [0.1, 0.15) is 0 Å². The average molecular weight is 427 g/mol. The van der Waals surface area contributed by atoms with Crippen LogP contribution < -0.4 is 10.9 Å². The van der Waals surface area contributed by atoms with E-state index in [-0.39, 0.29) is 31.8 Å². The first-order valence-corrected chi connectivity index (χ1v) is 10.4. The number of amides is 1. The molecule has 3 rings (SSSR count). The van der Waals surface area contributed by atoms with Crippen LogP contribution in [0.15, 0.2) is 59.5 Å². The first kappa shape index (κ1) is 21.1. The summed E-state index contributed by atoms with van der Waals surface area (Å²) in [4.78, 5) is 11.5. The van der Waals surface area contributed by atoms with Crippen LogP contribution in [0, 0.1) is 5.92 Å². The molecule has 10 heteroatoms. The van der Waals surface area contributed by atoms with Crippen LogP contribution in [0.3, 0.4) is 0 Å². The molecule has 2 aromatic rings. The van der Waals surface area contributed by atoms with E-state index in [9.17, 15) is 26.4 Å². The van der Waals surface area contributed by atoms with E-state index in [4.69, 9.17) is 0 Å². The summed E-state index contributed by atoms with van der Waals surface area (Å²) in [5, 5.41) is 0. The summed E-state index contributed by atoms with van der Waals surface area (Å²) in [5.41, 5.74) is 4.86. The number of carbonyl (C=O) groups is 1. The van der Waals surface area contributed by atoms with E-state index in [0.29, 0.717) is 5.69 Å². The summed E-state index contributed by atoms with van der Waals surface area (Å²) >= 11 is 0. The molecule has 1 heterocycles. The molecule has 0 radical (unpaired) electrons. The Bertz CT molecular complexity index is 957. The molecule has 0 spiro atoms. The van der Waals surface area contributed by atoms with E-state index in [2.05, 4.69) is 10.9 Å². The van der Waals surface area contributed by atoms with E-state index in [0.717, 1.165) is 22.5 Å². The number of halogens is 3. The van der Waals surface area contributed by atoms with Gasteiger partial charge in [0, 0.05) is 19.0 Å². The molecule has 0 aromatic heterocycles. The zero-order chi connectivity index (χ0) is 21.1. The Kier molecular flexibility index (Phi) is 6.13. The normalized spacial score (nSPS) is 16.4. The first-order valence-electron chi connectivity index (χ1n) is 8.97. The third-order valence-electron chi connectivity index (χ3n) is 4.74. The number of carbonyl (C=O) groups excluding carboxylic acids is 1. The maximum absolute atomic E-state index is 13.2. The number of hydrogen-bond donors (Lipinski definition) is 2. The fraction of sp³-hybridized carbons (Fsp3) is 0.316. The number of sulfonamides is 1. The number of para-hydroxylation sites is 1. The van der Waals surface area contributed by atoms with Crippen molar-refractivity contribution in [3.8, 4) is 0 Å². The van der Waals surface area contributed by atoms with Crippen molar-refractivity contribution in [1.82, 2.24) is 9.73 Å². The van der Waals surface area contributed by atoms with Gasteiger partial charge in [0.05, 0.1) is 16.1 Å². The second-order valence-corrected chi connectivity index (χ2v) is 8.56. The highest BCUT2D eigenvalue weighted by Crippen LogP contribution is 2.36. The van der Waals surface area contributed by atoms with E-state index >= 15 is 0 Å². The second-order valence-electron chi connectivity index (χ2n) is 6.65. The van der Waals surface area contributed by atoms with Crippen LogP contribution in [0.1, 0.15) is 18.4 Å². The van der Waals surface area contributed by atoms with Gasteiger partial charge in [-0.1, -0.05) is 30.3 Å². The number of hydrazine groups is 1. The number of piperidine rings is 1. The van der Waals surface area contributed by atoms with Crippen molar-refractivity contribution in [2.24, 2.45) is 5.92 Å². The fourth-order valence-electron chi connectivity index (χ4n) is 3.18. The van der Waals surface area contributed by atoms with E-state index in [1.165, 1.54) is 6.07 Å². The third-order valence-corrected chi connectivity index (χ3v) is 6.70. The molecule has 2 aromatic carbocycles. The minimum absolute atomic E-state index is 0.0298. The molecular weight excluding hydrogens is 407 g/mol. The number of alkyl halides is 3. The molecule has 0 aliphatic carbocycles. The number of rotatable bonds is 5. The summed E-state index contributed by atoms with van der Waals surface area (Å²) in [6.07, 6.45) is -4.34. The van der Waals surface area contributed by atoms with Crippen LogP contribution in [0.5, 0.6) is 0 Å². The van der Waals surface area contributed by atoms with Gasteiger partial charge in [-0.25, -0.2) is 8.42 Å². The van der Waals surface area contributed by atoms with Crippen molar-refractivity contribution in [1.29, 1.82) is 0 Å². The largest absolute Gasteiger partial charge is 0.417 e. The van der Waals surface area contributed by atoms with Crippen LogP contribution in [0.2, 0.25) is 0 Å². The summed E-state index contributed by atoms with van der Waals surface area (Å²) in [5.74, 6) is -0.725. The zero-order valence-electron chi connectivity index (χ0n) is 15.3. The molecule has 1 aliphatic rings. The van der Waals surface area contributed by atoms with Crippen molar-refractivity contribution >= 4 is 21.6 Å². The Balaban J connectivity index is 1.64. The minimum Gasteiger partial charge on any atom is -0.299 e. The van der Waals surface area contributed by atoms with Gasteiger partial charge in [-0.05, 0) is 37.1 Å². The lowest BCUT2D eigenvalue weighted by Gasteiger charge is -2.31. The number of hydrogen-bond acceptors (Lipinski definition) is 4. The van der Waals surface area contributed by atoms with Crippen molar-refractivity contribution in [2.45, 2.75) is 23.9 Å². The van der Waals surface area contributed by atoms with Crippen LogP contribution in [-0.2, 0) is 21.0 Å². The lowest BCUT2D eigenvalue weighted by molar-refractivity contribution is -0.139. The molecule has 6 nitrogen and oxygen atoms in total. The lowest BCUT2D eigenvalue weighted by Crippen LogP contribution is -2.44. The molecule has 29 heavy (non-hydrogen) atoms. The second kappa shape index (κ2) is 8.42. The van der Waals surface area contributed by atoms with Gasteiger partial charge in [0.2, 0.25) is 15.9 Å². The highest BCUT2D eigenvalue weighted by Gasteiger charge is 2.40. The zero-order valence-corrected chi connectivity index (χ0v) is 16.1. The Hall–Kier alpha value is -2.59. The average Bonchev–Trinajstić information content (AvgIpc) is 2.72. The summed E-state index contributed by atoms with van der Waals surface area (Å²) < 4.78 is 66.1. The van der Waals surface area contributed by atoms with Gasteiger partial charge in [-0.3, -0.25) is 15.6 Å². The Morgan fingerprint density at radius 3 is 2.17 bits per heavy atom. The summed E-state index contributed by atoms with van der Waals surface area (Å²) in [7, 11) is -4.31. The molecule has 0 atom stereocenters. The van der Waals surface area contributed by atoms with Crippen LogP contribution in [-0.4, -0.2) is 31.7 Å². The van der Waals surface area contributed by atoms with E-state index in [1.54, 1.807) is 24.3 Å². The lowest BCUT2D eigenvalue weighted by atomic mass is 9.98. The molecule has 1 aliphatic heterocycles.